The molecule has 0 bridgehead atoms. The molecule has 0 aromatic rings. The molecule has 72 valence electrons. The molecule has 0 saturated carbocycles. The molecule has 0 fully saturated rings. The van der Waals surface area contributed by atoms with Crippen LogP contribution in [0.25, 0.3) is 0 Å². The fourth-order valence-electron chi connectivity index (χ4n) is 0.770. The Morgan fingerprint density at radius 3 is 2.50 bits per heavy atom. The number of aliphatic carboxylic acids is 1. The molecule has 0 unspecified atom stereocenters. The highest BCUT2D eigenvalue weighted by Crippen LogP contribution is 1.75. The number of rotatable bonds is 7. The number of carboxylic acid groups (broad SMARTS) is 1. The molecule has 12 heavy (non-hydrogen) atoms. The average Bonchev–Trinajstić information content (AvgIpc) is 1.95. The average molecular weight is 174 g/mol. The number of nitrogens with one attached hydrogen (secondary N) is 2. The minimum atomic E-state index is -0.751. The Kier molecular flexibility index (Phi) is 6.70. The van der Waals surface area contributed by atoms with Crippen LogP contribution < -0.4 is 10.6 Å². The van der Waals surface area contributed by atoms with E-state index in [9.17, 15) is 4.79 Å². The third-order valence-electron chi connectivity index (χ3n) is 1.37. The van der Waals surface area contributed by atoms with Crippen molar-refractivity contribution in [2.75, 3.05) is 19.6 Å². The van der Waals surface area contributed by atoms with Crippen LogP contribution in [-0.4, -0.2) is 36.8 Å². The van der Waals surface area contributed by atoms with Crippen LogP contribution in [0.15, 0.2) is 0 Å². The summed E-state index contributed by atoms with van der Waals surface area (Å²) in [7, 11) is 0. The highest BCUT2D eigenvalue weighted by Gasteiger charge is 1.95. The number of hydrogen-bond donors (Lipinski definition) is 3. The Labute approximate surface area is 73.3 Å². The summed E-state index contributed by atoms with van der Waals surface area (Å²) in [5, 5.41) is 14.6. The topological polar surface area (TPSA) is 61.4 Å². The Hall–Kier alpha value is -0.610. The first-order valence-electron chi connectivity index (χ1n) is 4.29. The Balaban J connectivity index is 2.96. The molecule has 0 aromatic carbocycles. The molecule has 0 rings (SSSR count). The standard InChI is InChI=1S/C8H18N2O2/c1-7(2)10-6-5-9-4-3-8(11)12/h7,9-10H,3-6H2,1-2H3,(H,11,12). The summed E-state index contributed by atoms with van der Waals surface area (Å²) in [4.78, 5) is 10.1. The van der Waals surface area contributed by atoms with Crippen LogP contribution >= 0.6 is 0 Å². The Morgan fingerprint density at radius 2 is 2.00 bits per heavy atom. The molecule has 4 heteroatoms. The van der Waals surface area contributed by atoms with Gasteiger partial charge in [0.25, 0.3) is 0 Å². The molecule has 0 aromatic heterocycles. The predicted octanol–water partition coefficient (Wildman–Crippen LogP) is 0.0487. The zero-order chi connectivity index (χ0) is 9.40. The molecule has 4 nitrogen and oxygen atoms in total. The van der Waals surface area contributed by atoms with Gasteiger partial charge in [0.15, 0.2) is 0 Å². The van der Waals surface area contributed by atoms with Gasteiger partial charge in [-0.25, -0.2) is 0 Å². The summed E-state index contributed by atoms with van der Waals surface area (Å²) in [6, 6.07) is 0.492. The van der Waals surface area contributed by atoms with E-state index in [-0.39, 0.29) is 6.42 Å². The van der Waals surface area contributed by atoms with E-state index in [2.05, 4.69) is 24.5 Å². The van der Waals surface area contributed by atoms with Crippen LogP contribution in [-0.2, 0) is 4.79 Å². The number of hydrogen-bond acceptors (Lipinski definition) is 3. The molecular weight excluding hydrogens is 156 g/mol. The van der Waals surface area contributed by atoms with E-state index in [0.717, 1.165) is 13.1 Å². The SMILES string of the molecule is CC(C)NCCNCCC(=O)O. The Morgan fingerprint density at radius 1 is 1.33 bits per heavy atom. The van der Waals surface area contributed by atoms with Crippen LogP contribution in [0.2, 0.25) is 0 Å². The van der Waals surface area contributed by atoms with Gasteiger partial charge in [-0.15, -0.1) is 0 Å². The van der Waals surface area contributed by atoms with Crippen LogP contribution in [0.1, 0.15) is 20.3 Å². The molecule has 0 radical (unpaired) electrons. The van der Waals surface area contributed by atoms with Crippen molar-refractivity contribution in [3.8, 4) is 0 Å². The third kappa shape index (κ3) is 9.39. The van der Waals surface area contributed by atoms with Gasteiger partial charge in [0.2, 0.25) is 0 Å². The Bertz CT molecular complexity index is 126. The fraction of sp³-hybridized carbons (Fsp3) is 0.875. The quantitative estimate of drug-likeness (QED) is 0.477. The summed E-state index contributed by atoms with van der Waals surface area (Å²) in [6.45, 7) is 6.42. The number of carbonyl (C=O) groups is 1. The van der Waals surface area contributed by atoms with E-state index >= 15 is 0 Å². The first-order valence-corrected chi connectivity index (χ1v) is 4.29. The van der Waals surface area contributed by atoms with E-state index in [1.807, 2.05) is 0 Å². The predicted molar refractivity (Wildman–Crippen MR) is 48.3 cm³/mol. The van der Waals surface area contributed by atoms with E-state index in [1.165, 1.54) is 0 Å². The van der Waals surface area contributed by atoms with Crippen LogP contribution in [0, 0.1) is 0 Å². The summed E-state index contributed by atoms with van der Waals surface area (Å²) < 4.78 is 0. The highest BCUT2D eigenvalue weighted by molar-refractivity contribution is 5.66. The lowest BCUT2D eigenvalue weighted by atomic mass is 10.4. The summed E-state index contributed by atoms with van der Waals surface area (Å²) >= 11 is 0. The van der Waals surface area contributed by atoms with Gasteiger partial charge in [0.1, 0.15) is 0 Å². The van der Waals surface area contributed by atoms with Crippen LogP contribution in [0.4, 0.5) is 0 Å². The second-order valence-electron chi connectivity index (χ2n) is 3.00. The molecular formula is C8H18N2O2. The van der Waals surface area contributed by atoms with Gasteiger partial charge >= 0.3 is 5.97 Å². The van der Waals surface area contributed by atoms with Gasteiger partial charge in [-0.2, -0.15) is 0 Å². The monoisotopic (exact) mass is 174 g/mol. The van der Waals surface area contributed by atoms with Gasteiger partial charge in [-0.05, 0) is 0 Å². The van der Waals surface area contributed by atoms with E-state index in [1.54, 1.807) is 0 Å². The normalized spacial score (nSPS) is 10.6. The van der Waals surface area contributed by atoms with Crippen molar-refractivity contribution in [1.29, 1.82) is 0 Å². The van der Waals surface area contributed by atoms with Gasteiger partial charge in [-0.1, -0.05) is 13.8 Å². The van der Waals surface area contributed by atoms with Crippen molar-refractivity contribution in [3.63, 3.8) is 0 Å². The van der Waals surface area contributed by atoms with Crippen molar-refractivity contribution in [2.24, 2.45) is 0 Å². The van der Waals surface area contributed by atoms with Crippen molar-refractivity contribution >= 4 is 5.97 Å². The lowest BCUT2D eigenvalue weighted by molar-refractivity contribution is -0.136. The zero-order valence-corrected chi connectivity index (χ0v) is 7.76. The van der Waals surface area contributed by atoms with Gasteiger partial charge < -0.3 is 15.7 Å². The first kappa shape index (κ1) is 11.4. The molecule has 3 N–H and O–H groups in total. The van der Waals surface area contributed by atoms with Crippen molar-refractivity contribution in [2.45, 2.75) is 26.3 Å². The summed E-state index contributed by atoms with van der Waals surface area (Å²) in [5.74, 6) is -0.751. The fourth-order valence-corrected chi connectivity index (χ4v) is 0.770. The molecule has 0 saturated heterocycles. The molecule has 0 aliphatic carbocycles. The third-order valence-corrected chi connectivity index (χ3v) is 1.37. The second-order valence-corrected chi connectivity index (χ2v) is 3.00. The summed E-state index contributed by atoms with van der Waals surface area (Å²) in [5.41, 5.74) is 0. The van der Waals surface area contributed by atoms with Gasteiger partial charge in [0.05, 0.1) is 6.42 Å². The lowest BCUT2D eigenvalue weighted by Crippen LogP contribution is -2.32. The lowest BCUT2D eigenvalue weighted by Gasteiger charge is -2.07. The van der Waals surface area contributed by atoms with Crippen molar-refractivity contribution in [3.05, 3.63) is 0 Å². The molecule has 0 spiro atoms. The maximum absolute atomic E-state index is 10.1. The van der Waals surface area contributed by atoms with Crippen molar-refractivity contribution in [1.82, 2.24) is 10.6 Å². The van der Waals surface area contributed by atoms with Crippen molar-refractivity contribution < 1.29 is 9.90 Å². The maximum atomic E-state index is 10.1. The van der Waals surface area contributed by atoms with Crippen LogP contribution in [0.3, 0.4) is 0 Å². The van der Waals surface area contributed by atoms with Gasteiger partial charge in [0, 0.05) is 25.7 Å². The smallest absolute Gasteiger partial charge is 0.304 e. The minimum Gasteiger partial charge on any atom is -0.481 e. The molecule has 0 aliphatic rings. The molecule has 0 aliphatic heterocycles. The maximum Gasteiger partial charge on any atom is 0.304 e. The van der Waals surface area contributed by atoms with E-state index < -0.39 is 5.97 Å². The first-order chi connectivity index (χ1) is 5.63. The molecule has 0 atom stereocenters. The van der Waals surface area contributed by atoms with E-state index in [0.29, 0.717) is 12.6 Å². The highest BCUT2D eigenvalue weighted by atomic mass is 16.4. The van der Waals surface area contributed by atoms with E-state index in [4.69, 9.17) is 5.11 Å². The largest absolute Gasteiger partial charge is 0.481 e. The minimum absolute atomic E-state index is 0.196. The number of carboxylic acids is 1. The second kappa shape index (κ2) is 7.06. The van der Waals surface area contributed by atoms with Crippen LogP contribution in [0.5, 0.6) is 0 Å². The van der Waals surface area contributed by atoms with Gasteiger partial charge in [-0.3, -0.25) is 4.79 Å². The zero-order valence-electron chi connectivity index (χ0n) is 7.76. The molecule has 0 heterocycles. The summed E-state index contributed by atoms with van der Waals surface area (Å²) in [6.07, 6.45) is 0.196. The molecule has 0 amide bonds.